The van der Waals surface area contributed by atoms with Crippen LogP contribution in [-0.2, 0) is 19.3 Å². The Morgan fingerprint density at radius 1 is 1.38 bits per heavy atom. The maximum absolute atomic E-state index is 12.9. The number of pyridine rings is 1. The molecule has 1 aliphatic rings. The fourth-order valence-corrected chi connectivity index (χ4v) is 3.68. The highest BCUT2D eigenvalue weighted by molar-refractivity contribution is 5.94. The lowest BCUT2D eigenvalue weighted by atomic mass is 9.98. The Balaban J connectivity index is 1.79. The molecule has 0 aliphatic carbocycles. The van der Waals surface area contributed by atoms with Gasteiger partial charge in [-0.2, -0.15) is 0 Å². The Bertz CT molecular complexity index is 1070. The summed E-state index contributed by atoms with van der Waals surface area (Å²) >= 11 is 0. The molecule has 2 unspecified atom stereocenters. The van der Waals surface area contributed by atoms with Crippen LogP contribution in [0, 0.1) is 10.1 Å². The summed E-state index contributed by atoms with van der Waals surface area (Å²) < 4.78 is 0. The highest BCUT2D eigenvalue weighted by atomic mass is 17.2. The molecule has 1 aromatic heterocycles. The van der Waals surface area contributed by atoms with Gasteiger partial charge in [0.05, 0.1) is 16.9 Å². The van der Waals surface area contributed by atoms with Gasteiger partial charge in [0, 0.05) is 25.7 Å². The van der Waals surface area contributed by atoms with Crippen LogP contribution in [0.1, 0.15) is 26.7 Å². The third kappa shape index (κ3) is 4.30. The number of carbonyl (C=O) groups excluding carboxylic acids is 3. The van der Waals surface area contributed by atoms with E-state index >= 15 is 0 Å². The lowest BCUT2D eigenvalue weighted by Gasteiger charge is -2.34. The monoisotopic (exact) mass is 446 g/mol. The van der Waals surface area contributed by atoms with Crippen LogP contribution in [0.25, 0.3) is 10.9 Å². The molecule has 170 valence electrons. The smallest absolute Gasteiger partial charge is 0.380 e. The molecule has 12 heteroatoms. The highest BCUT2D eigenvalue weighted by Gasteiger charge is 2.49. The van der Waals surface area contributed by atoms with Gasteiger partial charge in [-0.1, -0.05) is 0 Å². The van der Waals surface area contributed by atoms with Crippen molar-refractivity contribution >= 4 is 34.4 Å². The summed E-state index contributed by atoms with van der Waals surface area (Å²) in [6, 6.07) is 4.30. The zero-order valence-corrected chi connectivity index (χ0v) is 17.4. The molecular weight excluding hydrogens is 424 g/mol. The molecule has 1 saturated heterocycles. The third-order valence-electron chi connectivity index (χ3n) is 5.32. The Morgan fingerprint density at radius 3 is 2.78 bits per heavy atom. The van der Waals surface area contributed by atoms with Gasteiger partial charge in [0.1, 0.15) is 17.1 Å². The normalized spacial score (nSPS) is 18.8. The zero-order chi connectivity index (χ0) is 23.5. The second-order valence-electron chi connectivity index (χ2n) is 7.50. The minimum atomic E-state index is -1.40. The quantitative estimate of drug-likeness (QED) is 0.357. The molecule has 2 atom stereocenters. The number of fused-ring (bicyclic) bond motifs is 1. The Kier molecular flexibility index (Phi) is 6.53. The fourth-order valence-electron chi connectivity index (χ4n) is 3.68. The highest BCUT2D eigenvalue weighted by Crippen LogP contribution is 2.34. The third-order valence-corrected chi connectivity index (χ3v) is 5.32. The predicted octanol–water partition coefficient (Wildman–Crippen LogP) is 0.858. The molecule has 1 aliphatic heterocycles. The van der Waals surface area contributed by atoms with Crippen LogP contribution >= 0.6 is 0 Å². The van der Waals surface area contributed by atoms with E-state index in [0.717, 1.165) is 0 Å². The van der Waals surface area contributed by atoms with Crippen molar-refractivity contribution in [2.45, 2.75) is 38.3 Å². The molecule has 0 spiro atoms. The number of hydrogen-bond acceptors (Lipinski definition) is 9. The van der Waals surface area contributed by atoms with Crippen molar-refractivity contribution in [3.63, 3.8) is 0 Å². The average molecular weight is 446 g/mol. The molecule has 2 amide bonds. The first kappa shape index (κ1) is 22.9. The lowest BCUT2D eigenvalue weighted by molar-refractivity contribution is -0.383. The molecule has 12 nitrogen and oxygen atoms in total. The topological polar surface area (TPSA) is 161 Å². The van der Waals surface area contributed by atoms with Gasteiger partial charge >= 0.3 is 5.97 Å². The number of aliphatic hydroxyl groups is 1. The number of hydrogen-bond donors (Lipinski definition) is 2. The minimum absolute atomic E-state index is 0.00879. The number of likely N-dealkylation sites (tertiary alicyclic amines) is 1. The Morgan fingerprint density at radius 2 is 2.12 bits per heavy atom. The van der Waals surface area contributed by atoms with Crippen LogP contribution < -0.4 is 10.2 Å². The van der Waals surface area contributed by atoms with Crippen LogP contribution in [0.5, 0.6) is 5.75 Å². The van der Waals surface area contributed by atoms with Gasteiger partial charge in [0.2, 0.25) is 17.6 Å². The molecular formula is C20H22N4O8. The van der Waals surface area contributed by atoms with E-state index in [0.29, 0.717) is 6.42 Å². The van der Waals surface area contributed by atoms with Gasteiger partial charge < -0.3 is 15.3 Å². The zero-order valence-electron chi connectivity index (χ0n) is 17.4. The number of aromatic nitrogens is 1. The molecule has 0 bridgehead atoms. The number of amides is 2. The van der Waals surface area contributed by atoms with Gasteiger partial charge in [-0.15, -0.1) is 0 Å². The molecule has 32 heavy (non-hydrogen) atoms. The van der Waals surface area contributed by atoms with E-state index in [2.05, 4.69) is 10.3 Å². The molecule has 0 radical (unpaired) electrons. The van der Waals surface area contributed by atoms with Crippen LogP contribution in [0.4, 0.5) is 5.69 Å². The maximum atomic E-state index is 12.9. The van der Waals surface area contributed by atoms with Crippen molar-refractivity contribution in [3.05, 3.63) is 40.6 Å². The van der Waals surface area contributed by atoms with E-state index in [9.17, 15) is 29.6 Å². The summed E-state index contributed by atoms with van der Waals surface area (Å²) in [5.74, 6) is -2.00. The molecule has 2 heterocycles. The van der Waals surface area contributed by atoms with E-state index in [1.807, 2.05) is 0 Å². The van der Waals surface area contributed by atoms with Gasteiger partial charge in [-0.05, 0) is 38.0 Å². The summed E-state index contributed by atoms with van der Waals surface area (Å²) in [6.07, 6.45) is 2.19. The SMILES string of the molecule is CC(=O)NC(CO)C(=O)N1CCCC1(C)C(=O)OOc1ccc([N+](=O)[O-])c2cccnc12. The fraction of sp³-hybridized carbons (Fsp3) is 0.400. The second-order valence-corrected chi connectivity index (χ2v) is 7.50. The molecule has 2 N–H and O–H groups in total. The molecule has 0 saturated carbocycles. The summed E-state index contributed by atoms with van der Waals surface area (Å²) in [5, 5.41) is 23.2. The number of rotatable bonds is 7. The second kappa shape index (κ2) is 9.14. The average Bonchev–Trinajstić information content (AvgIpc) is 3.17. The number of non-ortho nitro benzene ring substituents is 1. The minimum Gasteiger partial charge on any atom is -0.394 e. The number of carbonyl (C=O) groups is 3. The standard InChI is InChI=1S/C20H22N4O8/c1-12(26)22-14(11-25)18(27)23-10-4-8-20(23,2)19(28)32-31-16-7-6-15(24(29)30)13-5-3-9-21-17(13)16/h3,5-7,9,14,25H,4,8,10-11H2,1-2H3,(H,22,26). The van der Waals surface area contributed by atoms with Crippen LogP contribution in [0.15, 0.2) is 30.5 Å². The molecule has 2 aromatic rings. The number of aliphatic hydroxyl groups excluding tert-OH is 1. The molecule has 3 rings (SSSR count). The van der Waals surface area contributed by atoms with Gasteiger partial charge in [-0.3, -0.25) is 29.6 Å². The van der Waals surface area contributed by atoms with Crippen LogP contribution in [0.3, 0.4) is 0 Å². The summed E-state index contributed by atoms with van der Waals surface area (Å²) in [4.78, 5) is 63.2. The van der Waals surface area contributed by atoms with Gasteiger partial charge in [-0.25, -0.2) is 9.68 Å². The van der Waals surface area contributed by atoms with Crippen molar-refractivity contribution in [1.29, 1.82) is 0 Å². The van der Waals surface area contributed by atoms with E-state index in [-0.39, 0.29) is 35.3 Å². The maximum Gasteiger partial charge on any atom is 0.380 e. The first-order valence-corrected chi connectivity index (χ1v) is 9.79. The Hall–Kier alpha value is -3.80. The summed E-state index contributed by atoms with van der Waals surface area (Å²) in [7, 11) is 0. The van der Waals surface area contributed by atoms with Crippen LogP contribution in [-0.4, -0.2) is 62.4 Å². The van der Waals surface area contributed by atoms with Crippen molar-refractivity contribution in [2.75, 3.05) is 13.2 Å². The van der Waals surface area contributed by atoms with Crippen molar-refractivity contribution in [1.82, 2.24) is 15.2 Å². The molecule has 1 aromatic carbocycles. The van der Waals surface area contributed by atoms with Crippen molar-refractivity contribution in [2.24, 2.45) is 0 Å². The number of nitrogens with zero attached hydrogens (tertiary/aromatic N) is 3. The van der Waals surface area contributed by atoms with E-state index in [4.69, 9.17) is 9.78 Å². The largest absolute Gasteiger partial charge is 0.394 e. The number of benzene rings is 1. The Labute approximate surface area is 182 Å². The van der Waals surface area contributed by atoms with Crippen LogP contribution in [0.2, 0.25) is 0 Å². The lowest BCUT2D eigenvalue weighted by Crippen LogP contribution is -2.58. The summed E-state index contributed by atoms with van der Waals surface area (Å²) in [5.41, 5.74) is -1.45. The van der Waals surface area contributed by atoms with Crippen molar-refractivity contribution < 1.29 is 34.2 Å². The number of nitrogens with one attached hydrogen (secondary N) is 1. The van der Waals surface area contributed by atoms with E-state index < -0.39 is 40.9 Å². The number of nitro benzene ring substituents is 1. The van der Waals surface area contributed by atoms with E-state index in [1.54, 1.807) is 0 Å². The summed E-state index contributed by atoms with van der Waals surface area (Å²) in [6.45, 7) is 2.31. The number of nitro groups is 1. The van der Waals surface area contributed by atoms with E-state index in [1.165, 1.54) is 49.2 Å². The predicted molar refractivity (Wildman–Crippen MR) is 109 cm³/mol. The van der Waals surface area contributed by atoms with Crippen molar-refractivity contribution in [3.8, 4) is 5.75 Å². The van der Waals surface area contributed by atoms with Gasteiger partial charge in [0.25, 0.3) is 5.69 Å². The van der Waals surface area contributed by atoms with Gasteiger partial charge in [0.15, 0.2) is 0 Å². The molecule has 1 fully saturated rings. The first-order valence-electron chi connectivity index (χ1n) is 9.79. The first-order chi connectivity index (χ1) is 15.2.